The summed E-state index contributed by atoms with van der Waals surface area (Å²) in [5, 5.41) is 6.36. The lowest BCUT2D eigenvalue weighted by molar-refractivity contribution is 0.0910. The van der Waals surface area contributed by atoms with Crippen LogP contribution in [0.4, 0.5) is 0 Å². The van der Waals surface area contributed by atoms with E-state index in [4.69, 9.17) is 0 Å². The summed E-state index contributed by atoms with van der Waals surface area (Å²) in [6, 6.07) is 6.11. The van der Waals surface area contributed by atoms with Gasteiger partial charge in [-0.15, -0.1) is 0 Å². The predicted octanol–water partition coefficient (Wildman–Crippen LogP) is 2.45. The first kappa shape index (κ1) is 13.1. The van der Waals surface area contributed by atoms with Gasteiger partial charge in [0.1, 0.15) is 0 Å². The zero-order valence-corrected chi connectivity index (χ0v) is 11.6. The van der Waals surface area contributed by atoms with Gasteiger partial charge in [-0.3, -0.25) is 4.79 Å². The Kier molecular flexibility index (Phi) is 3.44. The number of hydrogen-bond donors (Lipinski definition) is 2. The lowest BCUT2D eigenvalue weighted by atomic mass is 9.88. The van der Waals surface area contributed by atoms with E-state index in [0.717, 1.165) is 18.7 Å². The molecule has 0 aliphatic carbocycles. The van der Waals surface area contributed by atoms with Gasteiger partial charge in [0.25, 0.3) is 5.91 Å². The van der Waals surface area contributed by atoms with Gasteiger partial charge < -0.3 is 10.6 Å². The first-order chi connectivity index (χ1) is 8.38. The molecule has 0 saturated carbocycles. The number of fused-ring (bicyclic) bond motifs is 1. The molecule has 0 bridgehead atoms. The average molecular weight is 246 g/mol. The summed E-state index contributed by atoms with van der Waals surface area (Å²) in [4.78, 5) is 12.2. The third-order valence-corrected chi connectivity index (χ3v) is 3.75. The molecular formula is C15H22N2O. The molecule has 18 heavy (non-hydrogen) atoms. The van der Waals surface area contributed by atoms with Gasteiger partial charge in [-0.2, -0.15) is 0 Å². The largest absolute Gasteiger partial charge is 0.349 e. The van der Waals surface area contributed by atoms with Gasteiger partial charge in [0.15, 0.2) is 0 Å². The van der Waals surface area contributed by atoms with Gasteiger partial charge in [-0.1, -0.05) is 26.8 Å². The molecule has 1 unspecified atom stereocenters. The number of benzene rings is 1. The molecule has 2 rings (SSSR count). The summed E-state index contributed by atoms with van der Waals surface area (Å²) in [6.45, 7) is 10.2. The van der Waals surface area contributed by atoms with E-state index in [1.807, 2.05) is 25.1 Å². The van der Waals surface area contributed by atoms with Crippen LogP contribution in [0, 0.1) is 5.41 Å². The molecule has 1 aliphatic rings. The van der Waals surface area contributed by atoms with Crippen LogP contribution in [0.5, 0.6) is 0 Å². The van der Waals surface area contributed by atoms with Gasteiger partial charge in [0.05, 0.1) is 0 Å². The minimum absolute atomic E-state index is 0.0205. The molecular weight excluding hydrogens is 224 g/mol. The highest BCUT2D eigenvalue weighted by Gasteiger charge is 2.22. The van der Waals surface area contributed by atoms with E-state index < -0.39 is 0 Å². The molecule has 0 radical (unpaired) electrons. The Bertz CT molecular complexity index is 460. The Hall–Kier alpha value is -1.35. The third-order valence-electron chi connectivity index (χ3n) is 3.75. The van der Waals surface area contributed by atoms with Gasteiger partial charge >= 0.3 is 0 Å². The lowest BCUT2D eigenvalue weighted by Gasteiger charge is -2.28. The molecule has 1 aromatic rings. The molecule has 0 aromatic heterocycles. The van der Waals surface area contributed by atoms with Crippen molar-refractivity contribution in [2.45, 2.75) is 46.8 Å². The second-order valence-corrected chi connectivity index (χ2v) is 6.15. The Balaban J connectivity index is 2.10. The van der Waals surface area contributed by atoms with Crippen molar-refractivity contribution >= 4 is 5.91 Å². The van der Waals surface area contributed by atoms with Crippen molar-refractivity contribution in [2.75, 3.05) is 0 Å². The van der Waals surface area contributed by atoms with Gasteiger partial charge in [-0.25, -0.2) is 0 Å². The zero-order valence-electron chi connectivity index (χ0n) is 11.6. The maximum absolute atomic E-state index is 12.2. The smallest absolute Gasteiger partial charge is 0.251 e. The molecule has 1 amide bonds. The van der Waals surface area contributed by atoms with E-state index in [9.17, 15) is 4.79 Å². The molecule has 1 heterocycles. The highest BCUT2D eigenvalue weighted by atomic mass is 16.1. The molecule has 98 valence electrons. The normalized spacial score (nSPS) is 16.2. The molecule has 0 spiro atoms. The van der Waals surface area contributed by atoms with Crippen LogP contribution >= 0.6 is 0 Å². The number of carbonyl (C=O) groups excluding carboxylic acids is 1. The van der Waals surface area contributed by atoms with Crippen LogP contribution in [0.25, 0.3) is 0 Å². The maximum Gasteiger partial charge on any atom is 0.251 e. The van der Waals surface area contributed by atoms with Crippen molar-refractivity contribution in [1.82, 2.24) is 10.6 Å². The quantitative estimate of drug-likeness (QED) is 0.841. The Labute approximate surface area is 109 Å². The number of nitrogens with one attached hydrogen (secondary N) is 2. The molecule has 1 aromatic carbocycles. The Morgan fingerprint density at radius 3 is 2.61 bits per heavy atom. The minimum atomic E-state index is 0.0205. The second kappa shape index (κ2) is 4.73. The van der Waals surface area contributed by atoms with E-state index in [-0.39, 0.29) is 17.4 Å². The van der Waals surface area contributed by atoms with Crippen LogP contribution in [0.15, 0.2) is 18.2 Å². The third kappa shape index (κ3) is 2.72. The Morgan fingerprint density at radius 2 is 1.94 bits per heavy atom. The summed E-state index contributed by atoms with van der Waals surface area (Å²) in [5.41, 5.74) is 3.38. The molecule has 0 fully saturated rings. The van der Waals surface area contributed by atoms with E-state index in [0.29, 0.717) is 0 Å². The second-order valence-electron chi connectivity index (χ2n) is 6.15. The summed E-state index contributed by atoms with van der Waals surface area (Å²) in [5.74, 6) is 0.0205. The van der Waals surface area contributed by atoms with Crippen molar-refractivity contribution in [2.24, 2.45) is 5.41 Å². The van der Waals surface area contributed by atoms with Gasteiger partial charge in [0, 0.05) is 24.7 Å². The van der Waals surface area contributed by atoms with Crippen molar-refractivity contribution in [3.05, 3.63) is 34.9 Å². The van der Waals surface area contributed by atoms with Crippen LogP contribution in [0.2, 0.25) is 0 Å². The van der Waals surface area contributed by atoms with Crippen molar-refractivity contribution in [3.8, 4) is 0 Å². The Morgan fingerprint density at radius 1 is 1.28 bits per heavy atom. The highest BCUT2D eigenvalue weighted by Crippen LogP contribution is 2.20. The number of carbonyl (C=O) groups is 1. The SMILES string of the molecule is CC(NC(=O)c1ccc2c(c1)CNC2)C(C)(C)C. The lowest BCUT2D eigenvalue weighted by Crippen LogP contribution is -2.41. The van der Waals surface area contributed by atoms with Crippen LogP contribution in [-0.2, 0) is 13.1 Å². The van der Waals surface area contributed by atoms with Gasteiger partial charge in [0.2, 0.25) is 0 Å². The molecule has 2 N–H and O–H groups in total. The fourth-order valence-corrected chi connectivity index (χ4v) is 1.93. The highest BCUT2D eigenvalue weighted by molar-refractivity contribution is 5.94. The summed E-state index contributed by atoms with van der Waals surface area (Å²) in [6.07, 6.45) is 0. The fourth-order valence-electron chi connectivity index (χ4n) is 1.93. The van der Waals surface area contributed by atoms with E-state index >= 15 is 0 Å². The monoisotopic (exact) mass is 246 g/mol. The van der Waals surface area contributed by atoms with Crippen LogP contribution in [-0.4, -0.2) is 11.9 Å². The average Bonchev–Trinajstić information content (AvgIpc) is 2.74. The van der Waals surface area contributed by atoms with E-state index in [2.05, 4.69) is 31.4 Å². The zero-order chi connectivity index (χ0) is 13.3. The fraction of sp³-hybridized carbons (Fsp3) is 0.533. The summed E-state index contributed by atoms with van der Waals surface area (Å²) < 4.78 is 0. The molecule has 0 saturated heterocycles. The van der Waals surface area contributed by atoms with Gasteiger partial charge in [-0.05, 0) is 35.6 Å². The topological polar surface area (TPSA) is 41.1 Å². The van der Waals surface area contributed by atoms with Crippen molar-refractivity contribution in [1.29, 1.82) is 0 Å². The van der Waals surface area contributed by atoms with Crippen LogP contribution < -0.4 is 10.6 Å². The summed E-state index contributed by atoms with van der Waals surface area (Å²) in [7, 11) is 0. The number of rotatable bonds is 2. The first-order valence-electron chi connectivity index (χ1n) is 6.51. The summed E-state index contributed by atoms with van der Waals surface area (Å²) >= 11 is 0. The standard InChI is InChI=1S/C15H22N2O/c1-10(15(2,3)4)17-14(18)11-5-6-12-8-16-9-13(12)7-11/h5-7,10,16H,8-9H2,1-4H3,(H,17,18). The maximum atomic E-state index is 12.2. The van der Waals surface area contributed by atoms with Crippen molar-refractivity contribution < 1.29 is 4.79 Å². The predicted molar refractivity (Wildman–Crippen MR) is 73.4 cm³/mol. The number of hydrogen-bond acceptors (Lipinski definition) is 2. The molecule has 1 aliphatic heterocycles. The van der Waals surface area contributed by atoms with Crippen LogP contribution in [0.3, 0.4) is 0 Å². The molecule has 3 nitrogen and oxygen atoms in total. The molecule has 3 heteroatoms. The van der Waals surface area contributed by atoms with E-state index in [1.165, 1.54) is 11.1 Å². The van der Waals surface area contributed by atoms with E-state index in [1.54, 1.807) is 0 Å². The van der Waals surface area contributed by atoms with Crippen LogP contribution in [0.1, 0.15) is 49.2 Å². The first-order valence-corrected chi connectivity index (χ1v) is 6.51. The minimum Gasteiger partial charge on any atom is -0.349 e. The van der Waals surface area contributed by atoms with Crippen molar-refractivity contribution in [3.63, 3.8) is 0 Å². The number of amides is 1. The molecule has 1 atom stereocenters.